The van der Waals surface area contributed by atoms with Crippen molar-refractivity contribution in [3.8, 4) is 0 Å². The van der Waals surface area contributed by atoms with Gasteiger partial charge in [-0.25, -0.2) is 0 Å². The summed E-state index contributed by atoms with van der Waals surface area (Å²) < 4.78 is 5.38. The molecule has 3 nitrogen and oxygen atoms in total. The predicted molar refractivity (Wildman–Crippen MR) is 76.3 cm³/mol. The maximum Gasteiger partial charge on any atom is 0.0642 e. The Labute approximate surface area is 114 Å². The van der Waals surface area contributed by atoms with Crippen molar-refractivity contribution < 1.29 is 4.74 Å². The maximum absolute atomic E-state index is 6.35. The number of nitrogens with two attached hydrogens (primary N) is 1. The van der Waals surface area contributed by atoms with Crippen molar-refractivity contribution in [1.29, 1.82) is 0 Å². The molecule has 0 aliphatic carbocycles. The van der Waals surface area contributed by atoms with Crippen LogP contribution in [0, 0.1) is 0 Å². The van der Waals surface area contributed by atoms with E-state index in [2.05, 4.69) is 17.0 Å². The van der Waals surface area contributed by atoms with Gasteiger partial charge >= 0.3 is 0 Å². The van der Waals surface area contributed by atoms with Crippen molar-refractivity contribution in [1.82, 2.24) is 0 Å². The monoisotopic (exact) mass is 268 g/mol. The number of piperidine rings is 1. The van der Waals surface area contributed by atoms with Gasteiger partial charge in [-0.15, -0.1) is 0 Å². The first-order valence-electron chi connectivity index (χ1n) is 6.44. The van der Waals surface area contributed by atoms with Crippen molar-refractivity contribution in [3.63, 3.8) is 0 Å². The Balaban J connectivity index is 2.10. The molecule has 1 aliphatic rings. The zero-order valence-electron chi connectivity index (χ0n) is 11.0. The molecule has 0 aromatic heterocycles. The molecule has 0 unspecified atom stereocenters. The highest BCUT2D eigenvalue weighted by Gasteiger charge is 2.20. The van der Waals surface area contributed by atoms with Gasteiger partial charge in [0.2, 0.25) is 0 Å². The molecule has 4 heteroatoms. The van der Waals surface area contributed by atoms with Crippen LogP contribution >= 0.6 is 11.6 Å². The molecule has 1 heterocycles. The van der Waals surface area contributed by atoms with Gasteiger partial charge in [0.1, 0.15) is 0 Å². The van der Waals surface area contributed by atoms with E-state index < -0.39 is 0 Å². The summed E-state index contributed by atoms with van der Waals surface area (Å²) in [6.45, 7) is 3.96. The van der Waals surface area contributed by atoms with Crippen LogP contribution in [0.15, 0.2) is 18.2 Å². The second-order valence-corrected chi connectivity index (χ2v) is 5.33. The van der Waals surface area contributed by atoms with Crippen LogP contribution in [-0.2, 0) is 4.74 Å². The largest absolute Gasteiger partial charge is 0.381 e. The Morgan fingerprint density at radius 2 is 2.06 bits per heavy atom. The highest BCUT2D eigenvalue weighted by atomic mass is 35.5. The molecule has 0 radical (unpaired) electrons. The van der Waals surface area contributed by atoms with E-state index in [1.165, 1.54) is 0 Å². The van der Waals surface area contributed by atoms with Gasteiger partial charge in [-0.3, -0.25) is 0 Å². The topological polar surface area (TPSA) is 38.5 Å². The molecule has 1 aliphatic heterocycles. The summed E-state index contributed by atoms with van der Waals surface area (Å²) in [7, 11) is 1.78. The number of hydrogen-bond acceptors (Lipinski definition) is 3. The zero-order valence-corrected chi connectivity index (χ0v) is 11.8. The molecule has 0 bridgehead atoms. The summed E-state index contributed by atoms with van der Waals surface area (Å²) in [5, 5.41) is 0.792. The van der Waals surface area contributed by atoms with E-state index >= 15 is 0 Å². The van der Waals surface area contributed by atoms with Crippen LogP contribution in [0.5, 0.6) is 0 Å². The van der Waals surface area contributed by atoms with Crippen molar-refractivity contribution in [3.05, 3.63) is 28.8 Å². The van der Waals surface area contributed by atoms with Crippen molar-refractivity contribution in [2.24, 2.45) is 5.73 Å². The molecule has 2 N–H and O–H groups in total. The van der Waals surface area contributed by atoms with Crippen LogP contribution in [-0.4, -0.2) is 26.3 Å². The molecule has 1 aromatic carbocycles. The molecule has 1 saturated heterocycles. The average molecular weight is 269 g/mol. The smallest absolute Gasteiger partial charge is 0.0642 e. The van der Waals surface area contributed by atoms with E-state index in [-0.39, 0.29) is 6.04 Å². The van der Waals surface area contributed by atoms with Gasteiger partial charge < -0.3 is 15.4 Å². The van der Waals surface area contributed by atoms with Gasteiger partial charge in [-0.05, 0) is 37.5 Å². The zero-order chi connectivity index (χ0) is 13.1. The quantitative estimate of drug-likeness (QED) is 0.916. The minimum Gasteiger partial charge on any atom is -0.381 e. The SMILES string of the molecule is COC1CCN(c2ccc([C@@H](C)N)cc2Cl)CC1. The number of ether oxygens (including phenoxy) is 1. The summed E-state index contributed by atoms with van der Waals surface area (Å²) in [6, 6.07) is 6.14. The molecule has 18 heavy (non-hydrogen) atoms. The molecule has 1 aromatic rings. The van der Waals surface area contributed by atoms with E-state index in [9.17, 15) is 0 Å². The van der Waals surface area contributed by atoms with Crippen LogP contribution < -0.4 is 10.6 Å². The first kappa shape index (κ1) is 13.7. The van der Waals surface area contributed by atoms with Crippen LogP contribution in [0.25, 0.3) is 0 Å². The summed E-state index contributed by atoms with van der Waals surface area (Å²) in [6.07, 6.45) is 2.51. The van der Waals surface area contributed by atoms with E-state index in [0.717, 1.165) is 42.2 Å². The number of hydrogen-bond donors (Lipinski definition) is 1. The lowest BCUT2D eigenvalue weighted by Crippen LogP contribution is -2.36. The summed E-state index contributed by atoms with van der Waals surface area (Å²) in [5.41, 5.74) is 8.04. The predicted octanol–water partition coefficient (Wildman–Crippen LogP) is 2.97. The molecule has 0 saturated carbocycles. The van der Waals surface area contributed by atoms with Crippen molar-refractivity contribution >= 4 is 17.3 Å². The van der Waals surface area contributed by atoms with Crippen LogP contribution in [0.4, 0.5) is 5.69 Å². The number of halogens is 1. The third-order valence-electron chi connectivity index (χ3n) is 3.61. The average Bonchev–Trinajstić information content (AvgIpc) is 2.38. The second kappa shape index (κ2) is 5.91. The molecule has 100 valence electrons. The lowest BCUT2D eigenvalue weighted by atomic mass is 10.0. The Hall–Kier alpha value is -0.770. The number of benzene rings is 1. The van der Waals surface area contributed by atoms with E-state index in [0.29, 0.717) is 6.10 Å². The molecule has 2 rings (SSSR count). The van der Waals surface area contributed by atoms with Gasteiger partial charge in [-0.1, -0.05) is 17.7 Å². The molecular formula is C14H21ClN2O. The lowest BCUT2D eigenvalue weighted by Gasteiger charge is -2.33. The Morgan fingerprint density at radius 1 is 1.39 bits per heavy atom. The molecule has 1 fully saturated rings. The third kappa shape index (κ3) is 2.97. The van der Waals surface area contributed by atoms with E-state index in [1.54, 1.807) is 7.11 Å². The van der Waals surface area contributed by atoms with Crippen LogP contribution in [0.3, 0.4) is 0 Å². The minimum atomic E-state index is 0.0239. The van der Waals surface area contributed by atoms with Gasteiger partial charge in [0.15, 0.2) is 0 Å². The normalized spacial score (nSPS) is 19.0. The van der Waals surface area contributed by atoms with Crippen molar-refractivity contribution in [2.45, 2.75) is 31.9 Å². The Bertz CT molecular complexity index is 401. The van der Waals surface area contributed by atoms with Crippen LogP contribution in [0.2, 0.25) is 5.02 Å². The van der Waals surface area contributed by atoms with E-state index in [1.807, 2.05) is 13.0 Å². The fraction of sp³-hybridized carbons (Fsp3) is 0.571. The Morgan fingerprint density at radius 3 is 2.56 bits per heavy atom. The summed E-state index contributed by atoms with van der Waals surface area (Å²) >= 11 is 6.35. The maximum atomic E-state index is 6.35. The number of anilines is 1. The van der Waals surface area contributed by atoms with Crippen LogP contribution in [0.1, 0.15) is 31.4 Å². The Kier molecular flexibility index (Phi) is 4.49. The lowest BCUT2D eigenvalue weighted by molar-refractivity contribution is 0.0819. The van der Waals surface area contributed by atoms with Gasteiger partial charge in [0, 0.05) is 26.2 Å². The molecule has 0 amide bonds. The highest BCUT2D eigenvalue weighted by Crippen LogP contribution is 2.30. The summed E-state index contributed by atoms with van der Waals surface area (Å²) in [5.74, 6) is 0. The first-order valence-corrected chi connectivity index (χ1v) is 6.82. The minimum absolute atomic E-state index is 0.0239. The number of methoxy groups -OCH3 is 1. The van der Waals surface area contributed by atoms with Gasteiger partial charge in [0.05, 0.1) is 16.8 Å². The van der Waals surface area contributed by atoms with Crippen molar-refractivity contribution in [2.75, 3.05) is 25.1 Å². The second-order valence-electron chi connectivity index (χ2n) is 4.92. The van der Waals surface area contributed by atoms with Gasteiger partial charge in [0.25, 0.3) is 0 Å². The summed E-state index contributed by atoms with van der Waals surface area (Å²) in [4.78, 5) is 2.32. The van der Waals surface area contributed by atoms with E-state index in [4.69, 9.17) is 22.1 Å². The third-order valence-corrected chi connectivity index (χ3v) is 3.92. The fourth-order valence-corrected chi connectivity index (χ4v) is 2.70. The molecular weight excluding hydrogens is 248 g/mol. The standard InChI is InChI=1S/C14H21ClN2O/c1-10(16)11-3-4-14(13(15)9-11)17-7-5-12(18-2)6-8-17/h3-4,9-10,12H,5-8,16H2,1-2H3/t10-/m1/s1. The molecule has 0 spiro atoms. The highest BCUT2D eigenvalue weighted by molar-refractivity contribution is 6.33. The number of nitrogens with zero attached hydrogens (tertiary/aromatic N) is 1. The first-order chi connectivity index (χ1) is 8.61. The van der Waals surface area contributed by atoms with Gasteiger partial charge in [-0.2, -0.15) is 0 Å². The number of rotatable bonds is 3. The fourth-order valence-electron chi connectivity index (χ4n) is 2.40. The molecule has 1 atom stereocenters.